The van der Waals surface area contributed by atoms with Crippen LogP contribution in [0.5, 0.6) is 0 Å². The molecule has 0 saturated heterocycles. The van der Waals surface area contributed by atoms with E-state index in [2.05, 4.69) is 0 Å². The average Bonchev–Trinajstić information content (AvgIpc) is 2.45. The summed E-state index contributed by atoms with van der Waals surface area (Å²) in [6, 6.07) is 7.46. The predicted octanol–water partition coefficient (Wildman–Crippen LogP) is 4.09. The summed E-state index contributed by atoms with van der Waals surface area (Å²) < 4.78 is 52.0. The van der Waals surface area contributed by atoms with Crippen LogP contribution in [0.4, 0.5) is 8.78 Å². The molecule has 0 fully saturated rings. The molecule has 2 aromatic carbocycles. The average molecular weight is 366 g/mol. The molecule has 0 spiro atoms. The summed E-state index contributed by atoms with van der Waals surface area (Å²) >= 11 is 11.7. The molecule has 8 heteroatoms. The molecule has 0 aliphatic heterocycles. The minimum Gasteiger partial charge on any atom is -0.207 e. The van der Waals surface area contributed by atoms with E-state index in [1.807, 2.05) is 0 Å². The largest absolute Gasteiger partial charge is 0.244 e. The smallest absolute Gasteiger partial charge is 0.207 e. The summed E-state index contributed by atoms with van der Waals surface area (Å²) in [6.45, 7) is -0.137. The van der Waals surface area contributed by atoms with Crippen LogP contribution in [-0.2, 0) is 16.6 Å². The minimum absolute atomic E-state index is 0.0821. The lowest BCUT2D eigenvalue weighted by Crippen LogP contribution is -2.26. The highest BCUT2D eigenvalue weighted by Gasteiger charge is 2.25. The van der Waals surface area contributed by atoms with Gasteiger partial charge in [-0.1, -0.05) is 35.3 Å². The molecule has 0 aliphatic rings. The van der Waals surface area contributed by atoms with Crippen molar-refractivity contribution in [2.75, 3.05) is 7.05 Å². The summed E-state index contributed by atoms with van der Waals surface area (Å²) in [7, 11) is -2.60. The molecule has 0 saturated carbocycles. The maximum absolute atomic E-state index is 13.2. The first kappa shape index (κ1) is 17.1. The highest BCUT2D eigenvalue weighted by Crippen LogP contribution is 2.31. The molecule has 0 aliphatic carbocycles. The van der Waals surface area contributed by atoms with Crippen molar-refractivity contribution >= 4 is 33.2 Å². The summed E-state index contributed by atoms with van der Waals surface area (Å²) in [6.07, 6.45) is 0. The Morgan fingerprint density at radius 2 is 1.77 bits per heavy atom. The normalized spacial score (nSPS) is 11.9. The van der Waals surface area contributed by atoms with Crippen molar-refractivity contribution in [3.8, 4) is 0 Å². The second-order valence-electron chi connectivity index (χ2n) is 4.56. The standard InChI is InChI=1S/C14H11Cl2F2NO2S/c1-19(8-9-5-6-11(17)12(18)7-9)22(20,21)13-4-2-3-10(15)14(13)16/h2-7H,8H2,1H3. The van der Waals surface area contributed by atoms with E-state index < -0.39 is 21.7 Å². The van der Waals surface area contributed by atoms with Crippen molar-refractivity contribution in [2.45, 2.75) is 11.4 Å². The zero-order chi connectivity index (χ0) is 16.5. The van der Waals surface area contributed by atoms with E-state index in [0.717, 1.165) is 16.4 Å². The highest BCUT2D eigenvalue weighted by atomic mass is 35.5. The predicted molar refractivity (Wildman–Crippen MR) is 81.5 cm³/mol. The molecule has 0 amide bonds. The second kappa shape index (κ2) is 6.50. The lowest BCUT2D eigenvalue weighted by molar-refractivity contribution is 0.462. The van der Waals surface area contributed by atoms with Gasteiger partial charge in [-0.15, -0.1) is 0 Å². The van der Waals surface area contributed by atoms with Crippen LogP contribution in [0, 0.1) is 11.6 Å². The molecule has 0 atom stereocenters. The van der Waals surface area contributed by atoms with Crippen molar-refractivity contribution in [3.63, 3.8) is 0 Å². The number of hydrogen-bond acceptors (Lipinski definition) is 2. The van der Waals surface area contributed by atoms with Crippen LogP contribution in [0.2, 0.25) is 10.0 Å². The third-order valence-electron chi connectivity index (χ3n) is 2.99. The summed E-state index contributed by atoms with van der Waals surface area (Å²) in [4.78, 5) is -0.147. The van der Waals surface area contributed by atoms with E-state index in [4.69, 9.17) is 23.2 Å². The molecule has 0 heterocycles. The lowest BCUT2D eigenvalue weighted by Gasteiger charge is -2.18. The summed E-state index contributed by atoms with van der Waals surface area (Å²) in [5.74, 6) is -2.03. The van der Waals surface area contributed by atoms with Gasteiger partial charge in [0.15, 0.2) is 11.6 Å². The van der Waals surface area contributed by atoms with Gasteiger partial charge in [-0.3, -0.25) is 0 Å². The van der Waals surface area contributed by atoms with Crippen LogP contribution in [0.25, 0.3) is 0 Å². The third kappa shape index (κ3) is 3.41. The Morgan fingerprint density at radius 3 is 2.41 bits per heavy atom. The summed E-state index contributed by atoms with van der Waals surface area (Å²) in [5, 5.41) is 0.0327. The van der Waals surface area contributed by atoms with Crippen molar-refractivity contribution in [1.29, 1.82) is 0 Å². The van der Waals surface area contributed by atoms with Crippen LogP contribution in [0.3, 0.4) is 0 Å². The SMILES string of the molecule is CN(Cc1ccc(F)c(F)c1)S(=O)(=O)c1cccc(Cl)c1Cl. The van der Waals surface area contributed by atoms with Crippen molar-refractivity contribution in [3.05, 3.63) is 63.6 Å². The number of sulfonamides is 1. The van der Waals surface area contributed by atoms with Gasteiger partial charge in [0.25, 0.3) is 0 Å². The fraction of sp³-hybridized carbons (Fsp3) is 0.143. The quantitative estimate of drug-likeness (QED) is 0.817. The number of benzene rings is 2. The number of rotatable bonds is 4. The van der Waals surface area contributed by atoms with Crippen LogP contribution in [-0.4, -0.2) is 19.8 Å². The molecule has 0 N–H and O–H groups in total. The van der Waals surface area contributed by atoms with E-state index in [0.29, 0.717) is 5.56 Å². The van der Waals surface area contributed by atoms with Crippen LogP contribution in [0.15, 0.2) is 41.3 Å². The first-order valence-corrected chi connectivity index (χ1v) is 8.27. The fourth-order valence-corrected chi connectivity index (χ4v) is 3.72. The highest BCUT2D eigenvalue weighted by molar-refractivity contribution is 7.89. The molecular formula is C14H11Cl2F2NO2S. The van der Waals surface area contributed by atoms with Gasteiger partial charge >= 0.3 is 0 Å². The Morgan fingerprint density at radius 1 is 1.09 bits per heavy atom. The van der Waals surface area contributed by atoms with Gasteiger partial charge in [0, 0.05) is 13.6 Å². The van der Waals surface area contributed by atoms with Crippen molar-refractivity contribution < 1.29 is 17.2 Å². The fourth-order valence-electron chi connectivity index (χ4n) is 1.83. The second-order valence-corrected chi connectivity index (χ2v) is 7.36. The Hall–Kier alpha value is -1.21. The third-order valence-corrected chi connectivity index (χ3v) is 5.77. The molecule has 3 nitrogen and oxygen atoms in total. The molecule has 0 radical (unpaired) electrons. The molecule has 2 aromatic rings. The monoisotopic (exact) mass is 365 g/mol. The lowest BCUT2D eigenvalue weighted by atomic mass is 10.2. The Bertz CT molecular complexity index is 812. The maximum atomic E-state index is 13.2. The Kier molecular flexibility index (Phi) is 5.07. The minimum atomic E-state index is -3.91. The Labute approximate surface area is 137 Å². The molecule has 0 aromatic heterocycles. The number of halogens is 4. The molecule has 118 valence electrons. The molecule has 2 rings (SSSR count). The van der Waals surface area contributed by atoms with Gasteiger partial charge in [-0.05, 0) is 29.8 Å². The summed E-state index contributed by atoms with van der Waals surface area (Å²) in [5.41, 5.74) is 0.308. The van der Waals surface area contributed by atoms with Crippen molar-refractivity contribution in [2.24, 2.45) is 0 Å². The van der Waals surface area contributed by atoms with Crippen LogP contribution in [0.1, 0.15) is 5.56 Å². The zero-order valence-electron chi connectivity index (χ0n) is 11.4. The van der Waals surface area contributed by atoms with Gasteiger partial charge < -0.3 is 0 Å². The van der Waals surface area contributed by atoms with Crippen molar-refractivity contribution in [1.82, 2.24) is 4.31 Å². The van der Waals surface area contributed by atoms with Gasteiger partial charge in [0.05, 0.1) is 10.0 Å². The first-order chi connectivity index (χ1) is 10.2. The topological polar surface area (TPSA) is 37.4 Å². The molecular weight excluding hydrogens is 355 g/mol. The van der Waals surface area contributed by atoms with Gasteiger partial charge in [0.2, 0.25) is 10.0 Å². The molecule has 0 unspecified atom stereocenters. The van der Waals surface area contributed by atoms with E-state index in [9.17, 15) is 17.2 Å². The molecule has 0 bridgehead atoms. The molecule has 22 heavy (non-hydrogen) atoms. The number of nitrogens with zero attached hydrogens (tertiary/aromatic N) is 1. The number of hydrogen-bond donors (Lipinski definition) is 0. The zero-order valence-corrected chi connectivity index (χ0v) is 13.7. The van der Waals surface area contributed by atoms with Gasteiger partial charge in [0.1, 0.15) is 4.90 Å². The van der Waals surface area contributed by atoms with E-state index >= 15 is 0 Å². The van der Waals surface area contributed by atoms with Crippen LogP contribution < -0.4 is 0 Å². The van der Waals surface area contributed by atoms with Crippen LogP contribution >= 0.6 is 23.2 Å². The van der Waals surface area contributed by atoms with Gasteiger partial charge in [-0.2, -0.15) is 4.31 Å². The van der Waals surface area contributed by atoms with E-state index in [-0.39, 0.29) is 21.5 Å². The van der Waals surface area contributed by atoms with E-state index in [1.54, 1.807) is 0 Å². The Balaban J connectivity index is 2.33. The van der Waals surface area contributed by atoms with Gasteiger partial charge in [-0.25, -0.2) is 17.2 Å². The maximum Gasteiger partial charge on any atom is 0.244 e. The van der Waals surface area contributed by atoms with E-state index in [1.165, 1.54) is 31.3 Å². The first-order valence-electron chi connectivity index (χ1n) is 6.08.